The maximum atomic E-state index is 9.42. The van der Waals surface area contributed by atoms with E-state index in [-0.39, 0.29) is 11.6 Å². The predicted molar refractivity (Wildman–Crippen MR) is 72.0 cm³/mol. The monoisotopic (exact) mass is 243 g/mol. The van der Waals surface area contributed by atoms with E-state index in [4.69, 9.17) is 5.73 Å². The highest BCUT2D eigenvalue weighted by Gasteiger charge is 2.36. The Kier molecular flexibility index (Phi) is 5.38. The standard InChI is InChI=1S/C13H29N3O/c1-10(7-12(3)17)15-13(9-14)5-6-16(4)11(2)8-13/h10-12,15,17H,5-9,14H2,1-4H3. The molecule has 4 heteroatoms. The van der Waals surface area contributed by atoms with Crippen LogP contribution in [-0.2, 0) is 0 Å². The van der Waals surface area contributed by atoms with Gasteiger partial charge in [-0.05, 0) is 53.6 Å². The molecule has 0 aromatic carbocycles. The smallest absolute Gasteiger partial charge is 0.0526 e. The fraction of sp³-hybridized carbons (Fsp3) is 1.00. The lowest BCUT2D eigenvalue weighted by atomic mass is 9.83. The number of hydrogen-bond acceptors (Lipinski definition) is 4. The van der Waals surface area contributed by atoms with E-state index in [0.29, 0.717) is 18.6 Å². The molecule has 1 fully saturated rings. The average Bonchev–Trinajstić information content (AvgIpc) is 2.22. The van der Waals surface area contributed by atoms with Gasteiger partial charge in [0.15, 0.2) is 0 Å². The van der Waals surface area contributed by atoms with Gasteiger partial charge in [-0.15, -0.1) is 0 Å². The summed E-state index contributed by atoms with van der Waals surface area (Å²) in [4.78, 5) is 2.38. The Hall–Kier alpha value is -0.160. The van der Waals surface area contributed by atoms with Crippen molar-refractivity contribution in [1.82, 2.24) is 10.2 Å². The summed E-state index contributed by atoms with van der Waals surface area (Å²) in [6.07, 6.45) is 2.71. The predicted octanol–water partition coefficient (Wildman–Crippen LogP) is 0.547. The van der Waals surface area contributed by atoms with Crippen LogP contribution in [-0.4, -0.2) is 53.9 Å². The number of piperidine rings is 1. The second kappa shape index (κ2) is 6.14. The van der Waals surface area contributed by atoms with Gasteiger partial charge in [0.05, 0.1) is 6.10 Å². The van der Waals surface area contributed by atoms with Gasteiger partial charge < -0.3 is 21.1 Å². The van der Waals surface area contributed by atoms with Gasteiger partial charge >= 0.3 is 0 Å². The minimum Gasteiger partial charge on any atom is -0.393 e. The average molecular weight is 243 g/mol. The van der Waals surface area contributed by atoms with E-state index in [1.807, 2.05) is 6.92 Å². The summed E-state index contributed by atoms with van der Waals surface area (Å²) < 4.78 is 0. The van der Waals surface area contributed by atoms with Crippen molar-refractivity contribution in [3.63, 3.8) is 0 Å². The molecule has 0 aromatic rings. The Bertz CT molecular complexity index is 235. The number of hydrogen-bond donors (Lipinski definition) is 3. The molecule has 0 aromatic heterocycles. The highest BCUT2D eigenvalue weighted by Crippen LogP contribution is 2.26. The molecule has 1 aliphatic heterocycles. The van der Waals surface area contributed by atoms with E-state index in [2.05, 4.69) is 31.1 Å². The van der Waals surface area contributed by atoms with Crippen molar-refractivity contribution in [1.29, 1.82) is 0 Å². The van der Waals surface area contributed by atoms with Crippen molar-refractivity contribution in [2.75, 3.05) is 20.1 Å². The first-order valence-electron chi connectivity index (χ1n) is 6.74. The van der Waals surface area contributed by atoms with Gasteiger partial charge in [0.1, 0.15) is 0 Å². The van der Waals surface area contributed by atoms with Gasteiger partial charge in [0.25, 0.3) is 0 Å². The number of likely N-dealkylation sites (tertiary alicyclic amines) is 1. The highest BCUT2D eigenvalue weighted by atomic mass is 16.3. The molecule has 1 heterocycles. The summed E-state index contributed by atoms with van der Waals surface area (Å²) in [6, 6.07) is 0.882. The topological polar surface area (TPSA) is 61.5 Å². The first-order chi connectivity index (χ1) is 7.88. The molecule has 1 aliphatic rings. The van der Waals surface area contributed by atoms with Gasteiger partial charge in [-0.3, -0.25) is 0 Å². The molecular weight excluding hydrogens is 214 g/mol. The summed E-state index contributed by atoms with van der Waals surface area (Å²) in [5.41, 5.74) is 6.04. The van der Waals surface area contributed by atoms with Gasteiger partial charge in [0, 0.05) is 24.2 Å². The van der Waals surface area contributed by atoms with E-state index in [1.54, 1.807) is 0 Å². The molecule has 17 heavy (non-hydrogen) atoms. The van der Waals surface area contributed by atoms with Gasteiger partial charge in [0.2, 0.25) is 0 Å². The quantitative estimate of drug-likeness (QED) is 0.660. The summed E-state index contributed by atoms with van der Waals surface area (Å²) in [5, 5.41) is 13.1. The van der Waals surface area contributed by atoms with Crippen LogP contribution in [0.5, 0.6) is 0 Å². The SMILES string of the molecule is CC(O)CC(C)NC1(CN)CCN(C)C(C)C1. The van der Waals surface area contributed by atoms with Crippen molar-refractivity contribution in [3.05, 3.63) is 0 Å². The van der Waals surface area contributed by atoms with Crippen LogP contribution in [0.25, 0.3) is 0 Å². The van der Waals surface area contributed by atoms with Crippen LogP contribution in [0, 0.1) is 0 Å². The molecular formula is C13H29N3O. The molecule has 0 radical (unpaired) electrons. The molecule has 0 bridgehead atoms. The third-order valence-corrected chi connectivity index (χ3v) is 4.02. The molecule has 4 N–H and O–H groups in total. The van der Waals surface area contributed by atoms with Crippen LogP contribution in [0.3, 0.4) is 0 Å². The van der Waals surface area contributed by atoms with Crippen molar-refractivity contribution in [3.8, 4) is 0 Å². The van der Waals surface area contributed by atoms with E-state index >= 15 is 0 Å². The van der Waals surface area contributed by atoms with Gasteiger partial charge in [-0.25, -0.2) is 0 Å². The number of aliphatic hydroxyl groups is 1. The Labute approximate surface area is 106 Å². The molecule has 4 unspecified atom stereocenters. The summed E-state index contributed by atoms with van der Waals surface area (Å²) in [5.74, 6) is 0. The molecule has 0 amide bonds. The molecule has 0 aliphatic carbocycles. The summed E-state index contributed by atoms with van der Waals surface area (Å²) >= 11 is 0. The van der Waals surface area contributed by atoms with E-state index in [9.17, 15) is 5.11 Å². The summed E-state index contributed by atoms with van der Waals surface area (Å²) in [7, 11) is 2.17. The lowest BCUT2D eigenvalue weighted by molar-refractivity contribution is 0.0933. The fourth-order valence-corrected chi connectivity index (χ4v) is 2.90. The minimum atomic E-state index is -0.254. The van der Waals surface area contributed by atoms with Crippen LogP contribution in [0.15, 0.2) is 0 Å². The fourth-order valence-electron chi connectivity index (χ4n) is 2.90. The normalized spacial score (nSPS) is 34.6. The number of nitrogens with one attached hydrogen (secondary N) is 1. The van der Waals surface area contributed by atoms with Crippen LogP contribution >= 0.6 is 0 Å². The van der Waals surface area contributed by atoms with Crippen LogP contribution in [0.1, 0.15) is 40.0 Å². The number of aliphatic hydroxyl groups excluding tert-OH is 1. The lowest BCUT2D eigenvalue weighted by Gasteiger charge is -2.46. The van der Waals surface area contributed by atoms with E-state index in [1.165, 1.54) is 0 Å². The van der Waals surface area contributed by atoms with Crippen molar-refractivity contribution in [2.24, 2.45) is 5.73 Å². The Morgan fingerprint density at radius 1 is 1.53 bits per heavy atom. The van der Waals surface area contributed by atoms with Gasteiger partial charge in [-0.2, -0.15) is 0 Å². The van der Waals surface area contributed by atoms with Crippen LogP contribution < -0.4 is 11.1 Å². The molecule has 1 saturated heterocycles. The highest BCUT2D eigenvalue weighted by molar-refractivity contribution is 4.98. The molecule has 4 atom stereocenters. The zero-order chi connectivity index (χ0) is 13.1. The number of nitrogens with zero attached hydrogens (tertiary/aromatic N) is 1. The first-order valence-corrected chi connectivity index (χ1v) is 6.74. The summed E-state index contributed by atoms with van der Waals surface area (Å²) in [6.45, 7) is 7.99. The molecule has 1 rings (SSSR count). The van der Waals surface area contributed by atoms with E-state index in [0.717, 1.165) is 25.8 Å². The molecule has 4 nitrogen and oxygen atoms in total. The molecule has 0 spiro atoms. The minimum absolute atomic E-state index is 0.0558. The zero-order valence-corrected chi connectivity index (χ0v) is 11.7. The third kappa shape index (κ3) is 4.21. The first kappa shape index (κ1) is 14.9. The third-order valence-electron chi connectivity index (χ3n) is 4.02. The number of nitrogens with two attached hydrogens (primary N) is 1. The maximum Gasteiger partial charge on any atom is 0.0526 e. The van der Waals surface area contributed by atoms with Crippen molar-refractivity contribution in [2.45, 2.75) is 63.8 Å². The van der Waals surface area contributed by atoms with Crippen molar-refractivity contribution < 1.29 is 5.11 Å². The van der Waals surface area contributed by atoms with Gasteiger partial charge in [-0.1, -0.05) is 0 Å². The Morgan fingerprint density at radius 2 is 2.18 bits per heavy atom. The van der Waals surface area contributed by atoms with Crippen LogP contribution in [0.4, 0.5) is 0 Å². The Morgan fingerprint density at radius 3 is 2.65 bits per heavy atom. The number of rotatable bonds is 5. The molecule has 102 valence electrons. The van der Waals surface area contributed by atoms with Crippen molar-refractivity contribution >= 4 is 0 Å². The largest absolute Gasteiger partial charge is 0.393 e. The zero-order valence-electron chi connectivity index (χ0n) is 11.7. The Balaban J connectivity index is 2.57. The second-order valence-corrected chi connectivity index (χ2v) is 5.90. The molecule has 0 saturated carbocycles. The maximum absolute atomic E-state index is 9.42. The van der Waals surface area contributed by atoms with Crippen LogP contribution in [0.2, 0.25) is 0 Å². The van der Waals surface area contributed by atoms with E-state index < -0.39 is 0 Å². The second-order valence-electron chi connectivity index (χ2n) is 5.90. The lowest BCUT2D eigenvalue weighted by Crippen LogP contribution is -2.61.